The zero-order valence-electron chi connectivity index (χ0n) is 16.1. The first-order valence-electron chi connectivity index (χ1n) is 9.18. The summed E-state index contributed by atoms with van der Waals surface area (Å²) in [5.41, 5.74) is -3.16. The molecule has 0 aromatic carbocycles. The smallest absolute Gasteiger partial charge is 0.346 e. The van der Waals surface area contributed by atoms with E-state index in [1.807, 2.05) is 0 Å². The van der Waals surface area contributed by atoms with Crippen molar-refractivity contribution in [2.45, 2.75) is 58.2 Å². The van der Waals surface area contributed by atoms with Gasteiger partial charge in [0.2, 0.25) is 5.41 Å². The van der Waals surface area contributed by atoms with E-state index in [2.05, 4.69) is 0 Å². The van der Waals surface area contributed by atoms with Crippen LogP contribution in [0, 0.1) is 16.2 Å². The van der Waals surface area contributed by atoms with Crippen LogP contribution in [-0.4, -0.2) is 60.5 Å². The van der Waals surface area contributed by atoms with E-state index in [1.165, 1.54) is 0 Å². The van der Waals surface area contributed by atoms with E-state index in [1.54, 1.807) is 27.7 Å². The van der Waals surface area contributed by atoms with E-state index < -0.39 is 63.9 Å². The molecule has 5 bridgehead atoms. The van der Waals surface area contributed by atoms with Gasteiger partial charge in [-0.15, -0.1) is 0 Å². The van der Waals surface area contributed by atoms with E-state index >= 15 is 0 Å². The fraction of sp³-hybridized carbons (Fsp3) is 1.00. The maximum atomic E-state index is 9.94. The largest absolute Gasteiger partial charge is 0.396 e. The molecule has 8 fully saturated rings. The predicted octanol–water partition coefficient (Wildman–Crippen LogP) is 1.32. The Morgan fingerprint density at radius 1 is 0.897 bits per heavy atom. The fourth-order valence-corrected chi connectivity index (χ4v) is 6.63. The van der Waals surface area contributed by atoms with Crippen LogP contribution < -0.4 is 0 Å². The summed E-state index contributed by atoms with van der Waals surface area (Å²) in [6.07, 6.45) is -1.75. The third-order valence-corrected chi connectivity index (χ3v) is 8.48. The summed E-state index contributed by atoms with van der Waals surface area (Å²) in [6, 6.07) is 0. The lowest BCUT2D eigenvalue weighted by Gasteiger charge is -2.75. The molecule has 2 N–H and O–H groups in total. The van der Waals surface area contributed by atoms with Crippen molar-refractivity contribution in [3.8, 4) is 0 Å². The average Bonchev–Trinajstić information content (AvgIpc) is 2.64. The van der Waals surface area contributed by atoms with Crippen molar-refractivity contribution in [1.29, 1.82) is 0 Å². The Hall–Kier alpha value is 0.380. The molecule has 8 aliphatic rings. The summed E-state index contributed by atoms with van der Waals surface area (Å²) in [6.45, 7) is 6.46. The number of hydrogen-bond acceptors (Lipinski definition) is 12. The first kappa shape index (κ1) is 20.0. The second kappa shape index (κ2) is 5.65. The van der Waals surface area contributed by atoms with E-state index in [9.17, 15) is 10.2 Å². The highest BCUT2D eigenvalue weighted by Crippen LogP contribution is 2.85. The van der Waals surface area contributed by atoms with E-state index in [4.69, 9.17) is 46.1 Å². The van der Waals surface area contributed by atoms with Crippen molar-refractivity contribution in [3.63, 3.8) is 0 Å². The monoisotopic (exact) mass is 456 g/mol. The molecule has 0 amide bonds. The predicted molar refractivity (Wildman–Crippen MR) is 89.5 cm³/mol. The summed E-state index contributed by atoms with van der Waals surface area (Å²) in [5.74, 6) is -5.23. The molecule has 0 aromatic rings. The lowest BCUT2D eigenvalue weighted by atomic mass is 9.77. The van der Waals surface area contributed by atoms with Gasteiger partial charge in [-0.3, -0.25) is 36.6 Å². The SMILES string of the molecule is CC(C)(CO)C1OCC23C(O1)OP1OC2(O1)OC1(C(C)(C)CO)OP2OC3(O2)O1. The minimum Gasteiger partial charge on any atom is -0.396 e. The maximum absolute atomic E-state index is 9.94. The third kappa shape index (κ3) is 2.13. The van der Waals surface area contributed by atoms with E-state index in [0.717, 1.165) is 0 Å². The van der Waals surface area contributed by atoms with Crippen LogP contribution in [0.25, 0.3) is 0 Å². The molecule has 14 heteroatoms. The lowest BCUT2D eigenvalue weighted by molar-refractivity contribution is -0.702. The lowest BCUT2D eigenvalue weighted by Crippen LogP contribution is -2.89. The standard InChI is InChI=1S/C15H22O12P2/c1-10(2,5-16)8-18-7-12-9(19-8)20-28-24-14(12,25-28)21-13(11(3,4)6-17)22-15(12)26-29(23-13)27-15/h8-9,16-17H,5-7H2,1-4H3. The third-order valence-electron chi connectivity index (χ3n) is 6.17. The Labute approximate surface area is 168 Å². The fourth-order valence-electron chi connectivity index (χ4n) is 3.95. The zero-order chi connectivity index (χ0) is 20.5. The summed E-state index contributed by atoms with van der Waals surface area (Å²) in [4.78, 5) is 0. The Morgan fingerprint density at radius 2 is 1.52 bits per heavy atom. The molecule has 164 valence electrons. The van der Waals surface area contributed by atoms with Crippen LogP contribution in [0.2, 0.25) is 0 Å². The van der Waals surface area contributed by atoms with Crippen molar-refractivity contribution in [2.75, 3.05) is 19.8 Å². The van der Waals surface area contributed by atoms with Gasteiger partial charge in [-0.2, -0.15) is 0 Å². The second-order valence-corrected chi connectivity index (χ2v) is 11.2. The minimum atomic E-state index is -1.79. The molecular formula is C15H22O12P2. The molecule has 0 saturated carbocycles. The van der Waals surface area contributed by atoms with E-state index in [0.29, 0.717) is 0 Å². The highest BCUT2D eigenvalue weighted by atomic mass is 31.2. The first-order valence-corrected chi connectivity index (χ1v) is 11.4. The zero-order valence-corrected chi connectivity index (χ0v) is 17.9. The number of aliphatic hydroxyl groups is 2. The Kier molecular flexibility index (Phi) is 3.90. The van der Waals surface area contributed by atoms with Gasteiger partial charge in [-0.25, -0.2) is 0 Å². The van der Waals surface area contributed by atoms with Crippen LogP contribution in [-0.2, 0) is 46.1 Å². The van der Waals surface area contributed by atoms with Gasteiger partial charge in [0.1, 0.15) is 0 Å². The van der Waals surface area contributed by atoms with Crippen molar-refractivity contribution in [3.05, 3.63) is 0 Å². The average molecular weight is 456 g/mol. The van der Waals surface area contributed by atoms with Gasteiger partial charge in [-0.05, 0) is 13.8 Å². The summed E-state index contributed by atoms with van der Waals surface area (Å²) in [7, 11) is -3.54. The van der Waals surface area contributed by atoms with Gasteiger partial charge in [0.05, 0.1) is 25.2 Å². The molecule has 0 aromatic heterocycles. The van der Waals surface area contributed by atoms with Crippen molar-refractivity contribution >= 4 is 17.2 Å². The summed E-state index contributed by atoms with van der Waals surface area (Å²) in [5, 5.41) is 19.6. The van der Waals surface area contributed by atoms with E-state index in [-0.39, 0.29) is 19.8 Å². The molecule has 29 heavy (non-hydrogen) atoms. The minimum absolute atomic E-state index is 0.0895. The van der Waals surface area contributed by atoms with Crippen molar-refractivity contribution in [1.82, 2.24) is 0 Å². The number of hydrogen-bond donors (Lipinski definition) is 2. The normalized spacial score (nSPS) is 55.2. The highest BCUT2D eigenvalue weighted by molar-refractivity contribution is 7.43. The molecule has 4 atom stereocenters. The maximum Gasteiger partial charge on any atom is 0.346 e. The van der Waals surface area contributed by atoms with Crippen molar-refractivity contribution in [2.24, 2.45) is 16.2 Å². The molecule has 8 saturated heterocycles. The van der Waals surface area contributed by atoms with Crippen LogP contribution in [0.4, 0.5) is 0 Å². The van der Waals surface area contributed by atoms with Gasteiger partial charge in [-0.1, -0.05) is 13.8 Å². The summed E-state index contributed by atoms with van der Waals surface area (Å²) >= 11 is 0. The van der Waals surface area contributed by atoms with Crippen LogP contribution in [0.3, 0.4) is 0 Å². The summed E-state index contributed by atoms with van der Waals surface area (Å²) < 4.78 is 59.4. The Balaban J connectivity index is 1.43. The molecule has 4 unspecified atom stereocenters. The van der Waals surface area contributed by atoms with Crippen LogP contribution >= 0.6 is 17.2 Å². The number of ether oxygens (including phenoxy) is 4. The van der Waals surface area contributed by atoms with Gasteiger partial charge < -0.3 is 19.7 Å². The molecule has 12 nitrogen and oxygen atoms in total. The Bertz CT molecular complexity index is 727. The topological polar surface area (TPSA) is 133 Å². The van der Waals surface area contributed by atoms with Crippen LogP contribution in [0.1, 0.15) is 27.7 Å². The molecule has 8 heterocycles. The number of rotatable bonds is 4. The molecule has 0 aliphatic carbocycles. The first-order chi connectivity index (χ1) is 13.6. The molecule has 0 radical (unpaired) electrons. The van der Waals surface area contributed by atoms with Crippen LogP contribution in [0.5, 0.6) is 0 Å². The van der Waals surface area contributed by atoms with Crippen LogP contribution in [0.15, 0.2) is 0 Å². The van der Waals surface area contributed by atoms with Gasteiger partial charge >= 0.3 is 35.1 Å². The molecule has 8 rings (SSSR count). The molecular weight excluding hydrogens is 434 g/mol. The number of aliphatic hydroxyl groups excluding tert-OH is 2. The van der Waals surface area contributed by atoms with Crippen molar-refractivity contribution < 1.29 is 56.3 Å². The van der Waals surface area contributed by atoms with Gasteiger partial charge in [0, 0.05) is 5.41 Å². The Morgan fingerprint density at radius 3 is 2.10 bits per heavy atom. The highest BCUT2D eigenvalue weighted by Gasteiger charge is 2.95. The van der Waals surface area contributed by atoms with Gasteiger partial charge in [0.15, 0.2) is 12.6 Å². The second-order valence-electron chi connectivity index (χ2n) is 9.15. The molecule has 8 aliphatic heterocycles. The quantitative estimate of drug-likeness (QED) is 0.591. The van der Waals surface area contributed by atoms with Gasteiger partial charge in [0.25, 0.3) is 0 Å². The molecule has 3 spiro atoms.